The molecule has 17 heavy (non-hydrogen) atoms. The third-order valence-electron chi connectivity index (χ3n) is 2.63. The third-order valence-corrected chi connectivity index (χ3v) is 2.90. The molecule has 0 heterocycles. The van der Waals surface area contributed by atoms with Crippen LogP contribution in [0.1, 0.15) is 41.3 Å². The average molecular weight is 255 g/mol. The molecule has 0 aliphatic carbocycles. The maximum absolute atomic E-state index is 12.0. The summed E-state index contributed by atoms with van der Waals surface area (Å²) in [5, 5.41) is 0. The lowest BCUT2D eigenvalue weighted by Crippen LogP contribution is -2.06. The second kappa shape index (κ2) is 6.65. The number of hydrogen-bond donors (Lipinski definition) is 0. The van der Waals surface area contributed by atoms with Crippen LogP contribution in [0.4, 0.5) is 0 Å². The van der Waals surface area contributed by atoms with Gasteiger partial charge in [-0.25, -0.2) is 0 Å². The molecular weight excluding hydrogens is 236 g/mol. The Bertz CT molecular complexity index is 376. The van der Waals surface area contributed by atoms with Gasteiger partial charge in [-0.2, -0.15) is 0 Å². The van der Waals surface area contributed by atoms with Gasteiger partial charge in [0.1, 0.15) is 5.75 Å². The first kappa shape index (κ1) is 14.0. The van der Waals surface area contributed by atoms with Crippen molar-refractivity contribution in [3.8, 4) is 5.75 Å². The highest BCUT2D eigenvalue weighted by Crippen LogP contribution is 2.23. The molecule has 0 radical (unpaired) electrons. The molecule has 0 saturated heterocycles. The number of aryl methyl sites for hydroxylation is 2. The fourth-order valence-corrected chi connectivity index (χ4v) is 2.10. The van der Waals surface area contributed by atoms with E-state index in [2.05, 4.69) is 0 Å². The molecule has 1 aromatic carbocycles. The van der Waals surface area contributed by atoms with E-state index in [9.17, 15) is 4.79 Å². The highest BCUT2D eigenvalue weighted by molar-refractivity contribution is 6.18. The van der Waals surface area contributed by atoms with Gasteiger partial charge in [-0.3, -0.25) is 4.79 Å². The molecule has 94 valence electrons. The molecule has 3 heteroatoms. The Kier molecular flexibility index (Phi) is 5.49. The van der Waals surface area contributed by atoms with Gasteiger partial charge < -0.3 is 4.74 Å². The van der Waals surface area contributed by atoms with E-state index in [1.54, 1.807) is 0 Å². The van der Waals surface area contributed by atoms with E-state index < -0.39 is 0 Å². The van der Waals surface area contributed by atoms with Gasteiger partial charge >= 0.3 is 0 Å². The lowest BCUT2D eigenvalue weighted by molar-refractivity contribution is 0.0980. The van der Waals surface area contributed by atoms with Gasteiger partial charge in [0.15, 0.2) is 5.78 Å². The molecule has 0 unspecified atom stereocenters. The Morgan fingerprint density at radius 1 is 1.29 bits per heavy atom. The molecule has 0 amide bonds. The van der Waals surface area contributed by atoms with E-state index in [-0.39, 0.29) is 5.78 Å². The Hall–Kier alpha value is -1.02. The minimum Gasteiger partial charge on any atom is -0.494 e. The number of hydrogen-bond acceptors (Lipinski definition) is 2. The van der Waals surface area contributed by atoms with Crippen molar-refractivity contribution < 1.29 is 9.53 Å². The Morgan fingerprint density at radius 2 is 1.88 bits per heavy atom. The van der Waals surface area contributed by atoms with Crippen LogP contribution in [-0.4, -0.2) is 18.3 Å². The zero-order chi connectivity index (χ0) is 12.8. The maximum Gasteiger partial charge on any atom is 0.163 e. The molecule has 0 fully saturated rings. The normalized spacial score (nSPS) is 10.4. The van der Waals surface area contributed by atoms with Crippen molar-refractivity contribution in [1.82, 2.24) is 0 Å². The van der Waals surface area contributed by atoms with Crippen molar-refractivity contribution in [2.45, 2.75) is 33.6 Å². The van der Waals surface area contributed by atoms with Crippen molar-refractivity contribution in [3.05, 3.63) is 28.8 Å². The van der Waals surface area contributed by atoms with Crippen molar-refractivity contribution in [3.63, 3.8) is 0 Å². The quantitative estimate of drug-likeness (QED) is 0.568. The van der Waals surface area contributed by atoms with Crippen LogP contribution in [0.25, 0.3) is 0 Å². The van der Waals surface area contributed by atoms with Crippen molar-refractivity contribution in [1.29, 1.82) is 0 Å². The molecule has 0 aliphatic heterocycles. The summed E-state index contributed by atoms with van der Waals surface area (Å²) in [5.74, 6) is 1.53. The number of rotatable bonds is 6. The SMILES string of the molecule is CCOc1cc(C)c(C(=O)CCCCl)c(C)c1. The Labute approximate surface area is 108 Å². The summed E-state index contributed by atoms with van der Waals surface area (Å²) >= 11 is 5.61. The first-order valence-electron chi connectivity index (χ1n) is 5.93. The van der Waals surface area contributed by atoms with Crippen molar-refractivity contribution >= 4 is 17.4 Å². The highest BCUT2D eigenvalue weighted by atomic mass is 35.5. The largest absolute Gasteiger partial charge is 0.494 e. The number of ether oxygens (including phenoxy) is 1. The summed E-state index contributed by atoms with van der Waals surface area (Å²) in [6.45, 7) is 6.48. The van der Waals surface area contributed by atoms with Gasteiger partial charge in [0.05, 0.1) is 6.61 Å². The van der Waals surface area contributed by atoms with E-state index >= 15 is 0 Å². The lowest BCUT2D eigenvalue weighted by atomic mass is 9.96. The van der Waals surface area contributed by atoms with E-state index in [0.717, 1.165) is 28.9 Å². The molecule has 1 aromatic rings. The summed E-state index contributed by atoms with van der Waals surface area (Å²) in [6, 6.07) is 3.84. The Balaban J connectivity index is 2.96. The molecular formula is C14H19ClO2. The minimum atomic E-state index is 0.170. The van der Waals surface area contributed by atoms with Crippen molar-refractivity contribution in [2.24, 2.45) is 0 Å². The first-order chi connectivity index (χ1) is 8.10. The van der Waals surface area contributed by atoms with Crippen LogP contribution in [0, 0.1) is 13.8 Å². The number of Topliss-reactive ketones (excluding diaryl/α,β-unsaturated/α-hetero) is 1. The number of halogens is 1. The zero-order valence-electron chi connectivity index (χ0n) is 10.7. The van der Waals surface area contributed by atoms with Gasteiger partial charge in [-0.15, -0.1) is 11.6 Å². The molecule has 0 spiro atoms. The van der Waals surface area contributed by atoms with E-state index in [1.165, 1.54) is 0 Å². The van der Waals surface area contributed by atoms with Gasteiger partial charge in [0, 0.05) is 17.9 Å². The van der Waals surface area contributed by atoms with E-state index in [4.69, 9.17) is 16.3 Å². The topological polar surface area (TPSA) is 26.3 Å². The minimum absolute atomic E-state index is 0.170. The molecule has 0 bridgehead atoms. The molecule has 0 saturated carbocycles. The van der Waals surface area contributed by atoms with Crippen LogP contribution in [0.5, 0.6) is 5.75 Å². The summed E-state index contributed by atoms with van der Waals surface area (Å²) in [5.41, 5.74) is 2.78. The number of carbonyl (C=O) groups excluding carboxylic acids is 1. The van der Waals surface area contributed by atoms with Crippen LogP contribution in [-0.2, 0) is 0 Å². The lowest BCUT2D eigenvalue weighted by Gasteiger charge is -2.11. The van der Waals surface area contributed by atoms with Gasteiger partial charge in [0.25, 0.3) is 0 Å². The van der Waals surface area contributed by atoms with Crippen LogP contribution >= 0.6 is 11.6 Å². The molecule has 2 nitrogen and oxygen atoms in total. The summed E-state index contributed by atoms with van der Waals surface area (Å²) < 4.78 is 5.45. The standard InChI is InChI=1S/C14H19ClO2/c1-4-17-12-8-10(2)14(11(3)9-12)13(16)6-5-7-15/h8-9H,4-7H2,1-3H3. The number of ketones is 1. The van der Waals surface area contributed by atoms with Crippen LogP contribution < -0.4 is 4.74 Å². The maximum atomic E-state index is 12.0. The molecule has 0 aliphatic rings. The fraction of sp³-hybridized carbons (Fsp3) is 0.500. The highest BCUT2D eigenvalue weighted by Gasteiger charge is 2.13. The second-order valence-electron chi connectivity index (χ2n) is 4.08. The number of carbonyl (C=O) groups is 1. The predicted molar refractivity (Wildman–Crippen MR) is 71.4 cm³/mol. The molecule has 0 aromatic heterocycles. The third kappa shape index (κ3) is 3.74. The zero-order valence-corrected chi connectivity index (χ0v) is 11.4. The Morgan fingerprint density at radius 3 is 2.35 bits per heavy atom. The monoisotopic (exact) mass is 254 g/mol. The predicted octanol–water partition coefficient (Wildman–Crippen LogP) is 3.90. The smallest absolute Gasteiger partial charge is 0.163 e. The molecule has 1 rings (SSSR count). The summed E-state index contributed by atoms with van der Waals surface area (Å²) in [4.78, 5) is 12.0. The summed E-state index contributed by atoms with van der Waals surface area (Å²) in [6.07, 6.45) is 1.24. The molecule has 0 atom stereocenters. The van der Waals surface area contributed by atoms with Crippen LogP contribution in [0.2, 0.25) is 0 Å². The fourth-order valence-electron chi connectivity index (χ4n) is 1.97. The molecule has 0 N–H and O–H groups in total. The van der Waals surface area contributed by atoms with Crippen molar-refractivity contribution in [2.75, 3.05) is 12.5 Å². The van der Waals surface area contributed by atoms with Gasteiger partial charge in [-0.05, 0) is 50.5 Å². The van der Waals surface area contributed by atoms with Crippen LogP contribution in [0.15, 0.2) is 12.1 Å². The number of benzene rings is 1. The second-order valence-corrected chi connectivity index (χ2v) is 4.46. The average Bonchev–Trinajstić information content (AvgIpc) is 2.25. The van der Waals surface area contributed by atoms with E-state index in [0.29, 0.717) is 18.9 Å². The summed E-state index contributed by atoms with van der Waals surface area (Å²) in [7, 11) is 0. The van der Waals surface area contributed by atoms with Gasteiger partial charge in [-0.1, -0.05) is 0 Å². The van der Waals surface area contributed by atoms with Gasteiger partial charge in [0.2, 0.25) is 0 Å². The first-order valence-corrected chi connectivity index (χ1v) is 6.46. The van der Waals surface area contributed by atoms with Crippen LogP contribution in [0.3, 0.4) is 0 Å². The van der Waals surface area contributed by atoms with E-state index in [1.807, 2.05) is 32.9 Å². The number of alkyl halides is 1.